The van der Waals surface area contributed by atoms with E-state index in [9.17, 15) is 0 Å². The van der Waals surface area contributed by atoms with Gasteiger partial charge in [0.25, 0.3) is 0 Å². The molecule has 5 heteroatoms. The van der Waals surface area contributed by atoms with Gasteiger partial charge in [0.1, 0.15) is 11.6 Å². The Morgan fingerprint density at radius 1 is 1.47 bits per heavy atom. The molecule has 0 spiro atoms. The maximum absolute atomic E-state index is 5.63. The molecule has 17 heavy (non-hydrogen) atoms. The first-order valence-corrected chi connectivity index (χ1v) is 5.80. The Balaban J connectivity index is 2.62. The fourth-order valence-corrected chi connectivity index (χ4v) is 1.11. The van der Waals surface area contributed by atoms with E-state index in [1.165, 1.54) is 0 Å². The van der Waals surface area contributed by atoms with Crippen LogP contribution in [0.4, 0.5) is 0 Å². The van der Waals surface area contributed by atoms with Crippen LogP contribution in [0.25, 0.3) is 0 Å². The van der Waals surface area contributed by atoms with Crippen LogP contribution in [0.5, 0.6) is 5.88 Å². The summed E-state index contributed by atoms with van der Waals surface area (Å²) in [5.74, 6) is 0.583. The van der Waals surface area contributed by atoms with Crippen molar-refractivity contribution in [3.05, 3.63) is 23.9 Å². The van der Waals surface area contributed by atoms with Crippen molar-refractivity contribution < 1.29 is 4.74 Å². The monoisotopic (exact) mass is 253 g/mol. The Kier molecular flexibility index (Phi) is 4.42. The first kappa shape index (κ1) is 13.9. The highest BCUT2D eigenvalue weighted by Gasteiger charge is 2.21. The van der Waals surface area contributed by atoms with Gasteiger partial charge in [-0.3, -0.25) is 0 Å². The first-order valence-electron chi connectivity index (χ1n) is 5.39. The highest BCUT2D eigenvalue weighted by Crippen LogP contribution is 2.14. The molecule has 0 unspecified atom stereocenters. The van der Waals surface area contributed by atoms with E-state index in [4.69, 9.17) is 22.7 Å². The molecule has 0 aromatic carbocycles. The van der Waals surface area contributed by atoms with Crippen molar-refractivity contribution in [2.45, 2.75) is 19.4 Å². The number of hydrogen-bond acceptors (Lipinski definition) is 4. The van der Waals surface area contributed by atoms with E-state index in [2.05, 4.69) is 23.7 Å². The largest absolute Gasteiger partial charge is 0.476 e. The Labute approximate surface area is 108 Å². The minimum absolute atomic E-state index is 0.0382. The third kappa shape index (κ3) is 3.94. The summed E-state index contributed by atoms with van der Waals surface area (Å²) in [7, 11) is 4.04. The zero-order chi connectivity index (χ0) is 13.1. The van der Waals surface area contributed by atoms with E-state index in [1.54, 1.807) is 12.3 Å². The number of rotatable bonds is 5. The van der Waals surface area contributed by atoms with E-state index in [0.29, 0.717) is 17.5 Å². The highest BCUT2D eigenvalue weighted by molar-refractivity contribution is 7.80. The quantitative estimate of drug-likeness (QED) is 0.805. The van der Waals surface area contributed by atoms with E-state index >= 15 is 0 Å². The van der Waals surface area contributed by atoms with Crippen molar-refractivity contribution in [2.24, 2.45) is 5.73 Å². The lowest BCUT2D eigenvalue weighted by Crippen LogP contribution is -2.43. The van der Waals surface area contributed by atoms with Gasteiger partial charge in [-0.1, -0.05) is 12.2 Å². The molecule has 94 valence electrons. The van der Waals surface area contributed by atoms with Crippen molar-refractivity contribution in [3.8, 4) is 5.88 Å². The second-order valence-electron chi connectivity index (χ2n) is 4.74. The highest BCUT2D eigenvalue weighted by atomic mass is 32.1. The van der Waals surface area contributed by atoms with Crippen molar-refractivity contribution in [3.63, 3.8) is 0 Å². The van der Waals surface area contributed by atoms with Gasteiger partial charge in [0.2, 0.25) is 5.88 Å². The van der Waals surface area contributed by atoms with E-state index in [0.717, 1.165) is 5.56 Å². The minimum atomic E-state index is -0.0382. The van der Waals surface area contributed by atoms with E-state index < -0.39 is 0 Å². The molecule has 1 aromatic heterocycles. The number of hydrogen-bond donors (Lipinski definition) is 1. The summed E-state index contributed by atoms with van der Waals surface area (Å²) < 4.78 is 5.63. The summed E-state index contributed by atoms with van der Waals surface area (Å²) in [5.41, 5.74) is 6.20. The molecule has 4 nitrogen and oxygen atoms in total. The van der Waals surface area contributed by atoms with Gasteiger partial charge in [-0.05, 0) is 34.0 Å². The normalized spacial score (nSPS) is 11.6. The standard InChI is InChI=1S/C12H19N3OS/c1-12(2,15(3)4)8-16-10-6-5-9(7-14-10)11(13)17/h5-7H,8H2,1-4H3,(H2,13,17). The van der Waals surface area contributed by atoms with Crippen LogP contribution in [0.3, 0.4) is 0 Å². The third-order valence-corrected chi connectivity index (χ3v) is 3.04. The van der Waals surface area contributed by atoms with E-state index in [-0.39, 0.29) is 5.54 Å². The second-order valence-corrected chi connectivity index (χ2v) is 5.18. The van der Waals surface area contributed by atoms with Gasteiger partial charge in [-0.15, -0.1) is 0 Å². The topological polar surface area (TPSA) is 51.4 Å². The van der Waals surface area contributed by atoms with Gasteiger partial charge in [0, 0.05) is 23.4 Å². The Bertz CT molecular complexity index is 387. The van der Waals surface area contributed by atoms with Gasteiger partial charge in [-0.2, -0.15) is 0 Å². The predicted molar refractivity (Wildman–Crippen MR) is 73.4 cm³/mol. The van der Waals surface area contributed by atoms with Crippen LogP contribution in [0.2, 0.25) is 0 Å². The van der Waals surface area contributed by atoms with Crippen LogP contribution in [0.1, 0.15) is 19.4 Å². The Hall–Kier alpha value is -1.20. The van der Waals surface area contributed by atoms with Crippen LogP contribution in [-0.4, -0.2) is 41.1 Å². The molecule has 0 saturated carbocycles. The average molecular weight is 253 g/mol. The summed E-state index contributed by atoms with van der Waals surface area (Å²) in [5, 5.41) is 0. The zero-order valence-corrected chi connectivity index (χ0v) is 11.5. The van der Waals surface area contributed by atoms with Crippen LogP contribution in [-0.2, 0) is 0 Å². The SMILES string of the molecule is CN(C)C(C)(C)COc1ccc(C(N)=S)cn1. The van der Waals surface area contributed by atoms with Gasteiger partial charge < -0.3 is 15.4 Å². The molecule has 0 aliphatic heterocycles. The summed E-state index contributed by atoms with van der Waals surface area (Å²) in [6, 6.07) is 3.59. The summed E-state index contributed by atoms with van der Waals surface area (Å²) in [6.45, 7) is 4.78. The predicted octanol–water partition coefficient (Wildman–Crippen LogP) is 1.43. The van der Waals surface area contributed by atoms with Gasteiger partial charge in [0.05, 0.1) is 0 Å². The van der Waals surface area contributed by atoms with Crippen LogP contribution in [0, 0.1) is 0 Å². The third-order valence-electron chi connectivity index (χ3n) is 2.80. The molecule has 0 fully saturated rings. The lowest BCUT2D eigenvalue weighted by molar-refractivity contribution is 0.111. The van der Waals surface area contributed by atoms with Crippen molar-refractivity contribution in [1.29, 1.82) is 0 Å². The molecule has 1 aromatic rings. The number of nitrogens with zero attached hydrogens (tertiary/aromatic N) is 2. The molecule has 0 aliphatic rings. The van der Waals surface area contributed by atoms with Crippen molar-refractivity contribution >= 4 is 17.2 Å². The van der Waals surface area contributed by atoms with Crippen LogP contribution >= 0.6 is 12.2 Å². The average Bonchev–Trinajstić information content (AvgIpc) is 2.27. The molecule has 0 atom stereocenters. The number of ether oxygens (including phenoxy) is 1. The van der Waals surface area contributed by atoms with Crippen molar-refractivity contribution in [1.82, 2.24) is 9.88 Å². The summed E-state index contributed by atoms with van der Waals surface area (Å²) >= 11 is 4.85. The second kappa shape index (κ2) is 5.42. The number of pyridine rings is 1. The molecule has 1 heterocycles. The summed E-state index contributed by atoms with van der Waals surface area (Å²) in [6.07, 6.45) is 1.63. The van der Waals surface area contributed by atoms with Gasteiger partial charge in [0.15, 0.2) is 0 Å². The molecule has 2 N–H and O–H groups in total. The molecule has 0 aliphatic carbocycles. The minimum Gasteiger partial charge on any atom is -0.476 e. The fraction of sp³-hybridized carbons (Fsp3) is 0.500. The lowest BCUT2D eigenvalue weighted by Gasteiger charge is -2.31. The number of thiocarbonyl (C=S) groups is 1. The lowest BCUT2D eigenvalue weighted by atomic mass is 10.1. The zero-order valence-electron chi connectivity index (χ0n) is 10.7. The summed E-state index contributed by atoms with van der Waals surface area (Å²) in [4.78, 5) is 6.61. The molecule has 0 radical (unpaired) electrons. The maximum Gasteiger partial charge on any atom is 0.213 e. The smallest absolute Gasteiger partial charge is 0.213 e. The Morgan fingerprint density at radius 3 is 2.53 bits per heavy atom. The molecule has 0 amide bonds. The number of nitrogens with two attached hydrogens (primary N) is 1. The Morgan fingerprint density at radius 2 is 2.12 bits per heavy atom. The van der Waals surface area contributed by atoms with Crippen LogP contribution in [0.15, 0.2) is 18.3 Å². The number of aromatic nitrogens is 1. The molecule has 0 saturated heterocycles. The number of likely N-dealkylation sites (N-methyl/N-ethyl adjacent to an activating group) is 1. The molecular weight excluding hydrogens is 234 g/mol. The van der Waals surface area contributed by atoms with Crippen LogP contribution < -0.4 is 10.5 Å². The van der Waals surface area contributed by atoms with Gasteiger partial charge in [-0.25, -0.2) is 4.98 Å². The first-order chi connectivity index (χ1) is 7.83. The van der Waals surface area contributed by atoms with Gasteiger partial charge >= 0.3 is 0 Å². The fourth-order valence-electron chi connectivity index (χ4n) is 0.991. The van der Waals surface area contributed by atoms with Crippen molar-refractivity contribution in [2.75, 3.05) is 20.7 Å². The molecule has 0 bridgehead atoms. The maximum atomic E-state index is 5.63. The van der Waals surface area contributed by atoms with E-state index in [1.807, 2.05) is 20.2 Å². The molecule has 1 rings (SSSR count). The molecular formula is C12H19N3OS.